The minimum atomic E-state index is -1.63. The molecule has 0 radical (unpaired) electrons. The number of aliphatic hydroxyl groups excluding tert-OH is 3. The lowest BCUT2D eigenvalue weighted by Crippen LogP contribution is -2.61. The first-order chi connectivity index (χ1) is 16.7. The molecule has 1 saturated heterocycles. The molecule has 35 heavy (non-hydrogen) atoms. The summed E-state index contributed by atoms with van der Waals surface area (Å²) in [5.74, 6) is -0.401. The van der Waals surface area contributed by atoms with E-state index in [9.17, 15) is 30.0 Å². The maximum Gasteiger partial charge on any atom is 0.303 e. The van der Waals surface area contributed by atoms with E-state index in [1.807, 2.05) is 0 Å². The van der Waals surface area contributed by atoms with E-state index >= 15 is 0 Å². The third kappa shape index (κ3) is 4.93. The normalized spacial score (nSPS) is 24.2. The third-order valence-electron chi connectivity index (χ3n) is 5.53. The largest absolute Gasteiger partial charge is 0.507 e. The second-order valence-electron chi connectivity index (χ2n) is 7.92. The molecule has 5 unspecified atom stereocenters. The summed E-state index contributed by atoms with van der Waals surface area (Å²) in [6.07, 6.45) is -7.28. The summed E-state index contributed by atoms with van der Waals surface area (Å²) in [6, 6.07) is 10.5. The van der Waals surface area contributed by atoms with Gasteiger partial charge in [0, 0.05) is 30.7 Å². The number of rotatable bonds is 6. The van der Waals surface area contributed by atoms with Crippen LogP contribution < -0.4 is 14.9 Å². The number of phenols is 1. The van der Waals surface area contributed by atoms with Crippen LogP contribution in [-0.4, -0.2) is 70.8 Å². The van der Waals surface area contributed by atoms with Crippen LogP contribution in [0.2, 0.25) is 0 Å². The molecule has 4 rings (SSSR count). The number of ether oxygens (including phenoxy) is 4. The van der Waals surface area contributed by atoms with Crippen molar-refractivity contribution in [1.82, 2.24) is 0 Å². The molecule has 1 aromatic heterocycles. The van der Waals surface area contributed by atoms with E-state index in [1.165, 1.54) is 19.2 Å². The van der Waals surface area contributed by atoms with Gasteiger partial charge in [-0.2, -0.15) is 0 Å². The molecule has 0 amide bonds. The van der Waals surface area contributed by atoms with Gasteiger partial charge in [-0.1, -0.05) is 0 Å². The van der Waals surface area contributed by atoms with Crippen LogP contribution in [0.5, 0.6) is 17.2 Å². The molecule has 186 valence electrons. The van der Waals surface area contributed by atoms with E-state index in [4.69, 9.17) is 23.4 Å². The number of methoxy groups -OCH3 is 1. The first-order valence-corrected chi connectivity index (χ1v) is 10.6. The van der Waals surface area contributed by atoms with Crippen LogP contribution in [-0.2, 0) is 14.3 Å². The summed E-state index contributed by atoms with van der Waals surface area (Å²) in [6.45, 7) is 0.455. The molecule has 11 nitrogen and oxygen atoms in total. The monoisotopic (exact) mass is 488 g/mol. The summed E-state index contributed by atoms with van der Waals surface area (Å²) in [5.41, 5.74) is 0.0954. The van der Waals surface area contributed by atoms with E-state index in [1.54, 1.807) is 24.3 Å². The Morgan fingerprint density at radius 1 is 1.06 bits per heavy atom. The lowest BCUT2D eigenvalue weighted by Gasteiger charge is -2.41. The molecule has 2 aromatic carbocycles. The van der Waals surface area contributed by atoms with Gasteiger partial charge in [-0.25, -0.2) is 0 Å². The molecule has 0 aliphatic carbocycles. The zero-order valence-corrected chi connectivity index (χ0v) is 18.8. The highest BCUT2D eigenvalue weighted by Gasteiger charge is 2.47. The summed E-state index contributed by atoms with van der Waals surface area (Å²) >= 11 is 0. The summed E-state index contributed by atoms with van der Waals surface area (Å²) in [5, 5.41) is 40.7. The van der Waals surface area contributed by atoms with Crippen molar-refractivity contribution >= 4 is 16.9 Å². The number of benzene rings is 2. The topological polar surface area (TPSA) is 165 Å². The van der Waals surface area contributed by atoms with Crippen LogP contribution in [0.15, 0.2) is 51.7 Å². The highest BCUT2D eigenvalue weighted by Crippen LogP contribution is 2.33. The number of hydrogen-bond acceptors (Lipinski definition) is 11. The second kappa shape index (κ2) is 9.92. The third-order valence-corrected chi connectivity index (χ3v) is 5.53. The number of phenolic OH excluding ortho intramolecular Hbond substituents is 1. The molecule has 1 fully saturated rings. The molecule has 1 aliphatic rings. The average molecular weight is 488 g/mol. The first kappa shape index (κ1) is 24.5. The summed E-state index contributed by atoms with van der Waals surface area (Å²) < 4.78 is 27.0. The predicted octanol–water partition coefficient (Wildman–Crippen LogP) is 0.924. The molecule has 0 saturated carbocycles. The lowest BCUT2D eigenvalue weighted by atomic mass is 9.99. The van der Waals surface area contributed by atoms with Gasteiger partial charge in [-0.15, -0.1) is 0 Å². The molecule has 11 heteroatoms. The fraction of sp³-hybridized carbons (Fsp3) is 0.333. The summed E-state index contributed by atoms with van der Waals surface area (Å²) in [7, 11) is 1.53. The number of aliphatic hydroxyl groups is 3. The zero-order valence-electron chi connectivity index (χ0n) is 18.8. The Labute approximate surface area is 198 Å². The van der Waals surface area contributed by atoms with Gasteiger partial charge in [0.15, 0.2) is 17.6 Å². The smallest absolute Gasteiger partial charge is 0.303 e. The summed E-state index contributed by atoms with van der Waals surface area (Å²) in [4.78, 5) is 24.1. The Balaban J connectivity index is 1.68. The van der Waals surface area contributed by atoms with Crippen LogP contribution in [0.4, 0.5) is 0 Å². The zero-order chi connectivity index (χ0) is 25.3. The number of aromatic hydroxyl groups is 1. The Kier molecular flexibility index (Phi) is 6.94. The van der Waals surface area contributed by atoms with Crippen molar-refractivity contribution in [3.05, 3.63) is 52.7 Å². The maximum atomic E-state index is 12.7. The molecular formula is C24H24O11. The van der Waals surface area contributed by atoms with Gasteiger partial charge in [-0.3, -0.25) is 9.59 Å². The molecule has 1 aliphatic heterocycles. The van der Waals surface area contributed by atoms with E-state index in [0.717, 1.165) is 13.0 Å². The Morgan fingerprint density at radius 3 is 2.40 bits per heavy atom. The number of carbonyl (C=O) groups excluding carboxylic acids is 1. The van der Waals surface area contributed by atoms with Gasteiger partial charge in [0.05, 0.1) is 13.7 Å². The van der Waals surface area contributed by atoms with E-state index in [-0.39, 0.29) is 22.5 Å². The fourth-order valence-electron chi connectivity index (χ4n) is 3.82. The van der Waals surface area contributed by atoms with Gasteiger partial charge < -0.3 is 43.8 Å². The van der Waals surface area contributed by atoms with Crippen molar-refractivity contribution in [3.8, 4) is 28.6 Å². The molecule has 2 heterocycles. The number of esters is 1. The number of fused-ring (bicyclic) bond motifs is 1. The SMILES string of the molecule is COc1ccc(-c2cc(=O)c3c(O)cc(OC4OC(CO)C(O)C(OC(C)=O)C4O)cc3o2)cc1. The Hall–Kier alpha value is -3.64. The molecule has 5 atom stereocenters. The Bertz CT molecular complexity index is 1270. The van der Waals surface area contributed by atoms with Crippen LogP contribution in [0.25, 0.3) is 22.3 Å². The van der Waals surface area contributed by atoms with Crippen molar-refractivity contribution < 1.29 is 48.6 Å². The van der Waals surface area contributed by atoms with Gasteiger partial charge >= 0.3 is 5.97 Å². The minimum Gasteiger partial charge on any atom is -0.507 e. The minimum absolute atomic E-state index is 0.00102. The van der Waals surface area contributed by atoms with E-state index in [2.05, 4.69) is 0 Å². The average Bonchev–Trinajstić information content (AvgIpc) is 2.83. The second-order valence-corrected chi connectivity index (χ2v) is 7.92. The maximum absolute atomic E-state index is 12.7. The first-order valence-electron chi connectivity index (χ1n) is 10.6. The van der Waals surface area contributed by atoms with Gasteiger partial charge in [0.2, 0.25) is 6.29 Å². The fourth-order valence-corrected chi connectivity index (χ4v) is 3.82. The molecule has 4 N–H and O–H groups in total. The standard InChI is InChI=1S/C24H24O11/c1-11(26)32-23-21(29)19(10-25)35-24(22(23)30)33-14-7-15(27)20-16(28)9-17(34-18(20)8-14)12-3-5-13(31-2)6-4-12/h3-9,19,21-25,27,29-30H,10H2,1-2H3. The number of carbonyl (C=O) groups is 1. The van der Waals surface area contributed by atoms with Gasteiger partial charge in [0.25, 0.3) is 0 Å². The molecular weight excluding hydrogens is 464 g/mol. The highest BCUT2D eigenvalue weighted by molar-refractivity contribution is 5.86. The molecule has 0 spiro atoms. The van der Waals surface area contributed by atoms with Crippen LogP contribution in [0, 0.1) is 0 Å². The van der Waals surface area contributed by atoms with Crippen LogP contribution in [0.1, 0.15) is 6.92 Å². The Morgan fingerprint density at radius 2 is 1.77 bits per heavy atom. The predicted molar refractivity (Wildman–Crippen MR) is 120 cm³/mol. The van der Waals surface area contributed by atoms with Crippen molar-refractivity contribution in [1.29, 1.82) is 0 Å². The lowest BCUT2D eigenvalue weighted by molar-refractivity contribution is -0.281. The van der Waals surface area contributed by atoms with Crippen LogP contribution in [0.3, 0.4) is 0 Å². The number of hydrogen-bond donors (Lipinski definition) is 4. The highest BCUT2D eigenvalue weighted by atomic mass is 16.7. The van der Waals surface area contributed by atoms with Crippen molar-refractivity contribution in [3.63, 3.8) is 0 Å². The van der Waals surface area contributed by atoms with Gasteiger partial charge in [-0.05, 0) is 24.3 Å². The van der Waals surface area contributed by atoms with Crippen molar-refractivity contribution in [2.75, 3.05) is 13.7 Å². The van der Waals surface area contributed by atoms with Crippen molar-refractivity contribution in [2.45, 2.75) is 37.6 Å². The molecule has 3 aromatic rings. The molecule has 0 bridgehead atoms. The van der Waals surface area contributed by atoms with Crippen molar-refractivity contribution in [2.24, 2.45) is 0 Å². The van der Waals surface area contributed by atoms with Crippen LogP contribution >= 0.6 is 0 Å². The van der Waals surface area contributed by atoms with E-state index in [0.29, 0.717) is 11.3 Å². The van der Waals surface area contributed by atoms with E-state index < -0.39 is 54.5 Å². The quantitative estimate of drug-likeness (QED) is 0.365. The van der Waals surface area contributed by atoms with Gasteiger partial charge in [0.1, 0.15) is 46.2 Å².